The number of halogens is 2. The van der Waals surface area contributed by atoms with Crippen LogP contribution in [0, 0.1) is 5.82 Å². The Morgan fingerprint density at radius 3 is 2.70 bits per heavy atom. The fourth-order valence-corrected chi connectivity index (χ4v) is 2.73. The molecule has 0 atom stereocenters. The van der Waals surface area contributed by atoms with Crippen molar-refractivity contribution in [2.75, 3.05) is 0 Å². The Morgan fingerprint density at radius 2 is 1.90 bits per heavy atom. The second-order valence-corrected chi connectivity index (χ2v) is 5.15. The highest BCUT2D eigenvalue weighted by molar-refractivity contribution is 6.35. The smallest absolute Gasteiger partial charge is 0.123 e. The Kier molecular flexibility index (Phi) is 3.47. The first-order valence-corrected chi connectivity index (χ1v) is 6.77. The van der Waals surface area contributed by atoms with E-state index < -0.39 is 0 Å². The summed E-state index contributed by atoms with van der Waals surface area (Å²) in [7, 11) is 0. The van der Waals surface area contributed by atoms with Crippen molar-refractivity contribution >= 4 is 22.5 Å². The molecular formula is C16H14ClFN2. The summed E-state index contributed by atoms with van der Waals surface area (Å²) in [5.74, 6) is -0.260. The van der Waals surface area contributed by atoms with Crippen molar-refractivity contribution in [1.82, 2.24) is 4.57 Å². The van der Waals surface area contributed by atoms with E-state index in [9.17, 15) is 4.39 Å². The number of rotatable bonds is 3. The zero-order chi connectivity index (χ0) is 14.1. The van der Waals surface area contributed by atoms with E-state index in [2.05, 4.69) is 4.57 Å². The Hall–Kier alpha value is -1.84. The fourth-order valence-electron chi connectivity index (χ4n) is 2.46. The zero-order valence-corrected chi connectivity index (χ0v) is 11.6. The summed E-state index contributed by atoms with van der Waals surface area (Å²) in [5, 5.41) is 1.74. The summed E-state index contributed by atoms with van der Waals surface area (Å²) < 4.78 is 15.3. The molecule has 0 radical (unpaired) electrons. The van der Waals surface area contributed by atoms with E-state index in [1.807, 2.05) is 30.5 Å². The van der Waals surface area contributed by atoms with Crippen LogP contribution in [0.2, 0.25) is 5.02 Å². The highest BCUT2D eigenvalue weighted by Crippen LogP contribution is 2.26. The molecule has 0 unspecified atom stereocenters. The Morgan fingerprint density at radius 1 is 1.10 bits per heavy atom. The SMILES string of the molecule is NCc1cc(F)ccc1Cn1cc(Cl)c2ccccc21. The molecule has 1 aromatic heterocycles. The normalized spacial score (nSPS) is 11.2. The van der Waals surface area contributed by atoms with Gasteiger partial charge in [-0.05, 0) is 29.3 Å². The molecule has 3 aromatic rings. The van der Waals surface area contributed by atoms with E-state index in [-0.39, 0.29) is 5.82 Å². The van der Waals surface area contributed by atoms with Crippen molar-refractivity contribution in [3.05, 3.63) is 70.6 Å². The number of para-hydroxylation sites is 1. The van der Waals surface area contributed by atoms with Crippen molar-refractivity contribution in [3.8, 4) is 0 Å². The van der Waals surface area contributed by atoms with E-state index in [1.165, 1.54) is 12.1 Å². The van der Waals surface area contributed by atoms with Gasteiger partial charge in [-0.1, -0.05) is 35.9 Å². The van der Waals surface area contributed by atoms with Gasteiger partial charge in [0.2, 0.25) is 0 Å². The largest absolute Gasteiger partial charge is 0.341 e. The average molecular weight is 289 g/mol. The van der Waals surface area contributed by atoms with Crippen LogP contribution in [0.25, 0.3) is 10.9 Å². The molecule has 0 aliphatic rings. The number of benzene rings is 2. The molecule has 0 spiro atoms. The van der Waals surface area contributed by atoms with Gasteiger partial charge >= 0.3 is 0 Å². The molecule has 0 amide bonds. The topological polar surface area (TPSA) is 30.9 Å². The second kappa shape index (κ2) is 5.27. The first-order chi connectivity index (χ1) is 9.69. The van der Waals surface area contributed by atoms with Crippen molar-refractivity contribution in [1.29, 1.82) is 0 Å². The van der Waals surface area contributed by atoms with Gasteiger partial charge in [0, 0.05) is 30.2 Å². The Bertz CT molecular complexity index is 764. The number of hydrogen-bond acceptors (Lipinski definition) is 1. The molecule has 3 rings (SSSR count). The van der Waals surface area contributed by atoms with Gasteiger partial charge in [0.15, 0.2) is 0 Å². The van der Waals surface area contributed by atoms with Crippen LogP contribution < -0.4 is 5.73 Å². The minimum atomic E-state index is -0.260. The molecule has 2 nitrogen and oxygen atoms in total. The molecule has 1 heterocycles. The predicted octanol–water partition coefficient (Wildman–Crippen LogP) is 3.94. The van der Waals surface area contributed by atoms with Gasteiger partial charge < -0.3 is 10.3 Å². The average Bonchev–Trinajstić information content (AvgIpc) is 2.78. The van der Waals surface area contributed by atoms with Crippen LogP contribution in [-0.4, -0.2) is 4.57 Å². The number of fused-ring (bicyclic) bond motifs is 1. The van der Waals surface area contributed by atoms with Crippen LogP contribution in [0.4, 0.5) is 4.39 Å². The summed E-state index contributed by atoms with van der Waals surface area (Å²) in [6, 6.07) is 12.7. The molecule has 0 bridgehead atoms. The van der Waals surface area contributed by atoms with Crippen LogP contribution >= 0.6 is 11.6 Å². The standard InChI is InChI=1S/C16H14ClFN2/c17-15-10-20(16-4-2-1-3-14(15)16)9-11-5-6-13(18)7-12(11)8-19/h1-7,10H,8-9,19H2. The summed E-state index contributed by atoms with van der Waals surface area (Å²) in [6.07, 6.45) is 1.90. The zero-order valence-electron chi connectivity index (χ0n) is 10.8. The molecule has 4 heteroatoms. The third-order valence-corrected chi connectivity index (χ3v) is 3.77. The summed E-state index contributed by atoms with van der Waals surface area (Å²) in [6.45, 7) is 0.945. The number of hydrogen-bond donors (Lipinski definition) is 1. The highest BCUT2D eigenvalue weighted by Gasteiger charge is 2.09. The van der Waals surface area contributed by atoms with Crippen LogP contribution in [0.3, 0.4) is 0 Å². The van der Waals surface area contributed by atoms with Gasteiger partial charge in [0.25, 0.3) is 0 Å². The van der Waals surface area contributed by atoms with Gasteiger partial charge in [-0.3, -0.25) is 0 Å². The lowest BCUT2D eigenvalue weighted by Gasteiger charge is -2.10. The van der Waals surface area contributed by atoms with Gasteiger partial charge in [-0.2, -0.15) is 0 Å². The van der Waals surface area contributed by atoms with Crippen molar-refractivity contribution in [2.24, 2.45) is 5.73 Å². The Balaban J connectivity index is 2.06. The molecule has 0 aliphatic heterocycles. The van der Waals surface area contributed by atoms with E-state index in [0.29, 0.717) is 13.1 Å². The van der Waals surface area contributed by atoms with Crippen molar-refractivity contribution < 1.29 is 4.39 Å². The summed E-state index contributed by atoms with van der Waals surface area (Å²) in [4.78, 5) is 0. The fraction of sp³-hybridized carbons (Fsp3) is 0.125. The molecular weight excluding hydrogens is 275 g/mol. The van der Waals surface area contributed by atoms with Gasteiger partial charge in [-0.15, -0.1) is 0 Å². The molecule has 0 saturated heterocycles. The van der Waals surface area contributed by atoms with Gasteiger partial charge in [0.1, 0.15) is 5.82 Å². The van der Waals surface area contributed by atoms with Gasteiger partial charge in [0.05, 0.1) is 5.02 Å². The van der Waals surface area contributed by atoms with Crippen LogP contribution in [0.15, 0.2) is 48.7 Å². The summed E-state index contributed by atoms with van der Waals surface area (Å²) >= 11 is 6.24. The van der Waals surface area contributed by atoms with Crippen molar-refractivity contribution in [3.63, 3.8) is 0 Å². The van der Waals surface area contributed by atoms with Crippen LogP contribution in [0.5, 0.6) is 0 Å². The molecule has 2 N–H and O–H groups in total. The molecule has 102 valence electrons. The van der Waals surface area contributed by atoms with E-state index >= 15 is 0 Å². The maximum absolute atomic E-state index is 13.2. The Labute approximate surface area is 121 Å². The lowest BCUT2D eigenvalue weighted by molar-refractivity contribution is 0.623. The lowest BCUT2D eigenvalue weighted by atomic mass is 10.1. The maximum atomic E-state index is 13.2. The monoisotopic (exact) mass is 288 g/mol. The third kappa shape index (κ3) is 2.30. The lowest BCUT2D eigenvalue weighted by Crippen LogP contribution is -2.06. The molecule has 0 fully saturated rings. The number of nitrogens with two attached hydrogens (primary N) is 1. The molecule has 20 heavy (non-hydrogen) atoms. The van der Waals surface area contributed by atoms with E-state index in [4.69, 9.17) is 17.3 Å². The minimum absolute atomic E-state index is 0.260. The third-order valence-electron chi connectivity index (χ3n) is 3.47. The highest BCUT2D eigenvalue weighted by atomic mass is 35.5. The van der Waals surface area contributed by atoms with Crippen LogP contribution in [0.1, 0.15) is 11.1 Å². The van der Waals surface area contributed by atoms with E-state index in [0.717, 1.165) is 27.1 Å². The number of nitrogens with zero attached hydrogens (tertiary/aromatic N) is 1. The molecule has 0 saturated carbocycles. The molecule has 2 aromatic carbocycles. The second-order valence-electron chi connectivity index (χ2n) is 4.74. The van der Waals surface area contributed by atoms with Gasteiger partial charge in [-0.25, -0.2) is 4.39 Å². The minimum Gasteiger partial charge on any atom is -0.341 e. The first-order valence-electron chi connectivity index (χ1n) is 6.40. The quantitative estimate of drug-likeness (QED) is 0.777. The molecule has 0 aliphatic carbocycles. The van der Waals surface area contributed by atoms with Crippen LogP contribution in [-0.2, 0) is 13.1 Å². The predicted molar refractivity (Wildman–Crippen MR) is 80.3 cm³/mol. The van der Waals surface area contributed by atoms with Crippen molar-refractivity contribution in [2.45, 2.75) is 13.1 Å². The first kappa shape index (κ1) is 13.2. The summed E-state index contributed by atoms with van der Waals surface area (Å²) in [5.41, 5.74) is 8.57. The maximum Gasteiger partial charge on any atom is 0.123 e. The number of aromatic nitrogens is 1. The van der Waals surface area contributed by atoms with E-state index in [1.54, 1.807) is 6.07 Å².